The van der Waals surface area contributed by atoms with Gasteiger partial charge in [0.1, 0.15) is 30.2 Å². The van der Waals surface area contributed by atoms with E-state index in [4.69, 9.17) is 31.5 Å². The van der Waals surface area contributed by atoms with E-state index in [0.717, 1.165) is 10.9 Å². The number of halogens is 4. The van der Waals surface area contributed by atoms with Gasteiger partial charge in [-0.25, -0.2) is 14.6 Å². The van der Waals surface area contributed by atoms with Crippen molar-refractivity contribution in [2.75, 3.05) is 12.3 Å². The number of fused-ring (bicyclic) bond motifs is 1. The fraction of sp³-hybridized carbons (Fsp3) is 0.240. The largest absolute Gasteiger partial charge is 0.459 e. The number of hydrogen-bond donors (Lipinski definition) is 1. The van der Waals surface area contributed by atoms with Gasteiger partial charge in [0, 0.05) is 0 Å². The van der Waals surface area contributed by atoms with Crippen molar-refractivity contribution in [2.45, 2.75) is 24.6 Å². The van der Waals surface area contributed by atoms with Crippen LogP contribution in [-0.4, -0.2) is 56.4 Å². The molecule has 2 N–H and O–H groups in total. The van der Waals surface area contributed by atoms with Gasteiger partial charge < -0.3 is 19.9 Å². The molecule has 0 aliphatic carbocycles. The van der Waals surface area contributed by atoms with Crippen molar-refractivity contribution in [3.63, 3.8) is 0 Å². The van der Waals surface area contributed by atoms with Gasteiger partial charge in [-0.05, 0) is 24.3 Å². The van der Waals surface area contributed by atoms with E-state index < -0.39 is 49.1 Å². The second kappa shape index (κ2) is 10.5. The topological polar surface area (TPSA) is 131 Å². The highest BCUT2D eigenvalue weighted by atomic mass is 35.5. The summed E-state index contributed by atoms with van der Waals surface area (Å²) in [6.07, 6.45) is -9.14. The van der Waals surface area contributed by atoms with Crippen LogP contribution in [0.3, 0.4) is 0 Å². The predicted molar refractivity (Wildman–Crippen MR) is 131 cm³/mol. The smallest absolute Gasteiger partial charge is 0.399 e. The summed E-state index contributed by atoms with van der Waals surface area (Å²) in [6.45, 7) is -0.645. The van der Waals surface area contributed by atoms with E-state index in [1.165, 1.54) is 36.4 Å². The monoisotopic (exact) mass is 561 g/mol. The van der Waals surface area contributed by atoms with E-state index in [0.29, 0.717) is 0 Å². The van der Waals surface area contributed by atoms with Crippen LogP contribution < -0.4 is 5.73 Å². The summed E-state index contributed by atoms with van der Waals surface area (Å²) in [5, 5.41) is -0.253. The molecule has 39 heavy (non-hydrogen) atoms. The molecule has 2 aromatic carbocycles. The van der Waals surface area contributed by atoms with Crippen molar-refractivity contribution in [1.29, 1.82) is 0 Å². The number of carbonyl (C=O) groups excluding carboxylic acids is 2. The highest BCUT2D eigenvalue weighted by Crippen LogP contribution is 2.47. The van der Waals surface area contributed by atoms with Crippen molar-refractivity contribution < 1.29 is 37.0 Å². The second-order valence-electron chi connectivity index (χ2n) is 8.53. The van der Waals surface area contributed by atoms with Crippen LogP contribution >= 0.6 is 11.6 Å². The number of ether oxygens (including phenoxy) is 3. The van der Waals surface area contributed by atoms with E-state index in [1.54, 1.807) is 24.3 Å². The number of benzene rings is 2. The Labute approximate surface area is 223 Å². The van der Waals surface area contributed by atoms with Crippen LogP contribution in [0.1, 0.15) is 26.9 Å². The number of alkyl halides is 3. The summed E-state index contributed by atoms with van der Waals surface area (Å²) < 4.78 is 61.3. The Morgan fingerprint density at radius 3 is 2.23 bits per heavy atom. The lowest BCUT2D eigenvalue weighted by Crippen LogP contribution is -2.42. The molecular formula is C25H19ClF3N5O5. The van der Waals surface area contributed by atoms with Gasteiger partial charge >= 0.3 is 18.1 Å². The second-order valence-corrected chi connectivity index (χ2v) is 8.89. The summed E-state index contributed by atoms with van der Waals surface area (Å²) in [6, 6.07) is 15.4. The number of nitrogens with zero attached hydrogens (tertiary/aromatic N) is 4. The Morgan fingerprint density at radius 2 is 1.62 bits per heavy atom. The number of nitrogen functional groups attached to an aromatic ring is 1. The molecule has 10 nitrogen and oxygen atoms in total. The zero-order chi connectivity index (χ0) is 27.7. The van der Waals surface area contributed by atoms with Gasteiger partial charge in [0.05, 0.1) is 17.5 Å². The molecule has 1 aliphatic heterocycles. The van der Waals surface area contributed by atoms with Crippen LogP contribution in [-0.2, 0) is 14.2 Å². The average molecular weight is 562 g/mol. The molecule has 202 valence electrons. The summed E-state index contributed by atoms with van der Waals surface area (Å²) >= 11 is 6.17. The zero-order valence-corrected chi connectivity index (χ0v) is 20.5. The molecule has 1 aliphatic rings. The number of aromatic nitrogens is 4. The molecule has 14 heteroatoms. The van der Waals surface area contributed by atoms with Crippen LogP contribution in [0, 0.1) is 5.92 Å². The van der Waals surface area contributed by atoms with Gasteiger partial charge in [0.25, 0.3) is 0 Å². The molecule has 4 aromatic rings. The molecular weight excluding hydrogens is 543 g/mol. The minimum absolute atomic E-state index is 0.0295. The SMILES string of the molecule is Nc1nc(Cl)c2c(ncn2[C@H]2O[C@H](COC(=O)c3ccccc3)[C@@H](OC(=O)c3ccccc3)[C@H]2C(F)(F)F)n1. The highest BCUT2D eigenvalue weighted by Gasteiger charge is 2.61. The first kappa shape index (κ1) is 26.4. The lowest BCUT2D eigenvalue weighted by atomic mass is 9.98. The first-order valence-electron chi connectivity index (χ1n) is 11.5. The summed E-state index contributed by atoms with van der Waals surface area (Å²) in [4.78, 5) is 37.0. The average Bonchev–Trinajstić information content (AvgIpc) is 3.49. The van der Waals surface area contributed by atoms with Gasteiger partial charge in [-0.3, -0.25) is 4.57 Å². The van der Waals surface area contributed by atoms with Gasteiger partial charge in [0.2, 0.25) is 5.95 Å². The quantitative estimate of drug-likeness (QED) is 0.271. The molecule has 1 fully saturated rings. The Kier molecular flexibility index (Phi) is 7.10. The molecule has 1 saturated heterocycles. The van der Waals surface area contributed by atoms with E-state index >= 15 is 0 Å². The standard InChI is InChI=1S/C25H19ClF3N5O5/c26-19-17-20(33-24(30)32-19)31-12-34(17)21-16(25(27,28)29)18(39-23(36)14-9-5-2-6-10-14)15(38-21)11-37-22(35)13-7-3-1-4-8-13/h1-10,12,15-16,18,21H,11H2,(H2,30,32,33)/t15-,16-,18-,21+/m1/s1. The van der Waals surface area contributed by atoms with Crippen LogP contribution in [0.4, 0.5) is 19.1 Å². The normalized spacial score (nSPS) is 21.1. The van der Waals surface area contributed by atoms with Gasteiger partial charge in [-0.1, -0.05) is 48.0 Å². The molecule has 0 spiro atoms. The molecule has 5 rings (SSSR count). The van der Waals surface area contributed by atoms with Crippen molar-refractivity contribution in [3.8, 4) is 0 Å². The van der Waals surface area contributed by atoms with Crippen LogP contribution in [0.2, 0.25) is 5.15 Å². The Balaban J connectivity index is 1.52. The minimum atomic E-state index is -4.94. The third-order valence-electron chi connectivity index (χ3n) is 6.04. The van der Waals surface area contributed by atoms with E-state index in [9.17, 15) is 22.8 Å². The first-order chi connectivity index (χ1) is 18.6. The molecule has 0 bridgehead atoms. The zero-order valence-electron chi connectivity index (χ0n) is 19.8. The highest BCUT2D eigenvalue weighted by molar-refractivity contribution is 6.33. The predicted octanol–water partition coefficient (Wildman–Crippen LogP) is 4.22. The van der Waals surface area contributed by atoms with E-state index in [2.05, 4.69) is 15.0 Å². The Hall–Kier alpha value is -4.23. The lowest BCUT2D eigenvalue weighted by molar-refractivity contribution is -0.210. The molecule has 4 atom stereocenters. The van der Waals surface area contributed by atoms with Gasteiger partial charge in [-0.2, -0.15) is 23.1 Å². The number of hydrogen-bond acceptors (Lipinski definition) is 9. The number of nitrogens with two attached hydrogens (primary N) is 1. The van der Waals surface area contributed by atoms with E-state index in [1.807, 2.05) is 0 Å². The van der Waals surface area contributed by atoms with Crippen LogP contribution in [0.25, 0.3) is 11.2 Å². The summed E-state index contributed by atoms with van der Waals surface area (Å²) in [7, 11) is 0. The van der Waals surface area contributed by atoms with Gasteiger partial charge in [-0.15, -0.1) is 0 Å². The third kappa shape index (κ3) is 5.36. The van der Waals surface area contributed by atoms with Crippen LogP contribution in [0.5, 0.6) is 0 Å². The maximum absolute atomic E-state index is 14.6. The molecule has 0 unspecified atom stereocenters. The third-order valence-corrected chi connectivity index (χ3v) is 6.30. The fourth-order valence-corrected chi connectivity index (χ4v) is 4.57. The van der Waals surface area contributed by atoms with Crippen molar-refractivity contribution in [2.24, 2.45) is 5.92 Å². The van der Waals surface area contributed by atoms with Crippen molar-refractivity contribution in [3.05, 3.63) is 83.3 Å². The maximum Gasteiger partial charge on any atom is 0.399 e. The van der Waals surface area contributed by atoms with E-state index in [-0.39, 0.29) is 33.4 Å². The lowest BCUT2D eigenvalue weighted by Gasteiger charge is -2.26. The number of carbonyl (C=O) groups is 2. The fourth-order valence-electron chi connectivity index (χ4n) is 4.30. The Morgan fingerprint density at radius 1 is 1.00 bits per heavy atom. The molecule has 0 radical (unpaired) electrons. The summed E-state index contributed by atoms with van der Waals surface area (Å²) in [5.41, 5.74) is 5.66. The Bertz CT molecular complexity index is 1500. The van der Waals surface area contributed by atoms with Gasteiger partial charge in [0.15, 0.2) is 17.0 Å². The van der Waals surface area contributed by atoms with Crippen molar-refractivity contribution in [1.82, 2.24) is 19.5 Å². The minimum Gasteiger partial charge on any atom is -0.459 e. The first-order valence-corrected chi connectivity index (χ1v) is 11.9. The van der Waals surface area contributed by atoms with Crippen LogP contribution in [0.15, 0.2) is 67.0 Å². The molecule has 2 aromatic heterocycles. The number of anilines is 1. The summed E-state index contributed by atoms with van der Waals surface area (Å²) in [5.74, 6) is -4.43. The molecule has 0 saturated carbocycles. The number of imidazole rings is 1. The maximum atomic E-state index is 14.6. The molecule has 0 amide bonds. The number of rotatable bonds is 6. The number of esters is 2. The molecule has 3 heterocycles. The van der Waals surface area contributed by atoms with Crippen molar-refractivity contribution >= 4 is 40.7 Å².